The Labute approximate surface area is 108 Å². The summed E-state index contributed by atoms with van der Waals surface area (Å²) in [7, 11) is 0. The molecule has 0 radical (unpaired) electrons. The molecule has 1 aliphatic rings. The summed E-state index contributed by atoms with van der Waals surface area (Å²) < 4.78 is 5.28. The van der Waals surface area contributed by atoms with E-state index in [0.717, 1.165) is 0 Å². The predicted octanol–water partition coefficient (Wildman–Crippen LogP) is 1.58. The van der Waals surface area contributed by atoms with Gasteiger partial charge in [0, 0.05) is 12.0 Å². The number of ether oxygens (including phenoxy) is 1. The molecule has 0 aromatic heterocycles. The number of β-amino-alcohol motifs (C(OH)–C–C–N with tert-alkyl or cyclic N) is 1. The maximum absolute atomic E-state index is 12.0. The third kappa shape index (κ3) is 3.70. The molecule has 3 atom stereocenters. The zero-order valence-corrected chi connectivity index (χ0v) is 11.8. The van der Waals surface area contributed by atoms with E-state index in [1.165, 1.54) is 11.8 Å². The van der Waals surface area contributed by atoms with E-state index in [2.05, 4.69) is 0 Å². The predicted molar refractivity (Wildman–Crippen MR) is 67.2 cm³/mol. The molecule has 0 bridgehead atoms. The molecule has 1 heterocycles. The van der Waals surface area contributed by atoms with Gasteiger partial charge in [0.15, 0.2) is 0 Å². The SMILES string of the molecule is CC(=O)C1CC(C)N(C(=O)OC(C)(C)C)CC1O. The fourth-order valence-electron chi connectivity index (χ4n) is 2.17. The maximum atomic E-state index is 12.0. The Hall–Kier alpha value is -1.10. The summed E-state index contributed by atoms with van der Waals surface area (Å²) in [5.41, 5.74) is -0.556. The van der Waals surface area contributed by atoms with Crippen LogP contribution in [0.3, 0.4) is 0 Å². The molecular formula is C13H23NO4. The first-order chi connectivity index (χ1) is 8.11. The molecule has 1 fully saturated rings. The van der Waals surface area contributed by atoms with Gasteiger partial charge in [-0.05, 0) is 41.0 Å². The number of hydrogen-bond donors (Lipinski definition) is 1. The van der Waals surface area contributed by atoms with Gasteiger partial charge in [0.25, 0.3) is 0 Å². The van der Waals surface area contributed by atoms with Gasteiger partial charge in [-0.3, -0.25) is 4.79 Å². The second-order valence-corrected chi connectivity index (χ2v) is 6.00. The standard InChI is InChI=1S/C13H23NO4/c1-8-6-10(9(2)15)11(16)7-14(8)12(17)18-13(3,4)5/h8,10-11,16H,6-7H2,1-5H3. The van der Waals surface area contributed by atoms with Crippen molar-refractivity contribution in [2.24, 2.45) is 5.92 Å². The number of Topliss-reactive ketones (excluding diaryl/α,β-unsaturated/α-hetero) is 1. The summed E-state index contributed by atoms with van der Waals surface area (Å²) in [6.07, 6.45) is -0.752. The first kappa shape index (κ1) is 15.0. The lowest BCUT2D eigenvalue weighted by Crippen LogP contribution is -2.53. The van der Waals surface area contributed by atoms with Gasteiger partial charge in [0.05, 0.1) is 12.6 Å². The quantitative estimate of drug-likeness (QED) is 0.774. The van der Waals surface area contributed by atoms with E-state index in [4.69, 9.17) is 4.74 Å². The molecule has 1 amide bonds. The molecule has 3 unspecified atom stereocenters. The first-order valence-electron chi connectivity index (χ1n) is 6.30. The number of nitrogens with zero attached hydrogens (tertiary/aromatic N) is 1. The molecular weight excluding hydrogens is 234 g/mol. The van der Waals surface area contributed by atoms with Crippen molar-refractivity contribution < 1.29 is 19.4 Å². The third-order valence-electron chi connectivity index (χ3n) is 3.13. The lowest BCUT2D eigenvalue weighted by molar-refractivity contribution is -0.128. The summed E-state index contributed by atoms with van der Waals surface area (Å²) in [6, 6.07) is -0.0999. The average molecular weight is 257 g/mol. The maximum Gasteiger partial charge on any atom is 0.410 e. The van der Waals surface area contributed by atoms with Crippen LogP contribution < -0.4 is 0 Å². The molecule has 0 saturated carbocycles. The van der Waals surface area contributed by atoms with Crippen LogP contribution in [-0.2, 0) is 9.53 Å². The number of hydrogen-bond acceptors (Lipinski definition) is 4. The normalized spacial score (nSPS) is 29.0. The van der Waals surface area contributed by atoms with Crippen molar-refractivity contribution in [3.63, 3.8) is 0 Å². The molecule has 1 rings (SSSR count). The van der Waals surface area contributed by atoms with Gasteiger partial charge >= 0.3 is 6.09 Å². The zero-order chi connectivity index (χ0) is 14.1. The summed E-state index contributed by atoms with van der Waals surface area (Å²) in [5, 5.41) is 9.90. The van der Waals surface area contributed by atoms with Crippen LogP contribution in [0.25, 0.3) is 0 Å². The van der Waals surface area contributed by atoms with E-state index in [1.807, 2.05) is 6.92 Å². The molecule has 1 saturated heterocycles. The highest BCUT2D eigenvalue weighted by molar-refractivity contribution is 5.79. The minimum Gasteiger partial charge on any atom is -0.444 e. The Morgan fingerprint density at radius 1 is 1.33 bits per heavy atom. The summed E-state index contributed by atoms with van der Waals surface area (Å²) in [6.45, 7) is 8.90. The largest absolute Gasteiger partial charge is 0.444 e. The lowest BCUT2D eigenvalue weighted by atomic mass is 9.87. The number of piperidine rings is 1. The summed E-state index contributed by atoms with van der Waals surface area (Å²) in [5.74, 6) is -0.406. The molecule has 5 nitrogen and oxygen atoms in total. The smallest absolute Gasteiger partial charge is 0.410 e. The van der Waals surface area contributed by atoms with E-state index in [1.54, 1.807) is 20.8 Å². The fraction of sp³-hybridized carbons (Fsp3) is 0.846. The Morgan fingerprint density at radius 2 is 1.89 bits per heavy atom. The molecule has 1 aliphatic heterocycles. The number of aliphatic hydroxyl groups is 1. The number of likely N-dealkylation sites (tertiary alicyclic amines) is 1. The molecule has 0 aliphatic carbocycles. The Morgan fingerprint density at radius 3 is 2.33 bits per heavy atom. The second-order valence-electron chi connectivity index (χ2n) is 6.00. The van der Waals surface area contributed by atoms with E-state index in [0.29, 0.717) is 6.42 Å². The number of carbonyl (C=O) groups is 2. The van der Waals surface area contributed by atoms with Gasteiger partial charge in [-0.2, -0.15) is 0 Å². The molecule has 0 aromatic carbocycles. The highest BCUT2D eigenvalue weighted by atomic mass is 16.6. The Balaban J connectivity index is 2.70. The minimum atomic E-state index is -0.800. The monoisotopic (exact) mass is 257 g/mol. The van der Waals surface area contributed by atoms with Crippen molar-refractivity contribution in [3.05, 3.63) is 0 Å². The number of carbonyl (C=O) groups excluding carboxylic acids is 2. The molecule has 104 valence electrons. The van der Waals surface area contributed by atoms with Crippen LogP contribution >= 0.6 is 0 Å². The third-order valence-corrected chi connectivity index (χ3v) is 3.13. The number of amides is 1. The van der Waals surface area contributed by atoms with Crippen molar-refractivity contribution in [2.75, 3.05) is 6.54 Å². The van der Waals surface area contributed by atoms with Gasteiger partial charge in [0.1, 0.15) is 11.4 Å². The van der Waals surface area contributed by atoms with Crippen LogP contribution in [-0.4, -0.2) is 46.2 Å². The van der Waals surface area contributed by atoms with E-state index in [9.17, 15) is 14.7 Å². The summed E-state index contributed by atoms with van der Waals surface area (Å²) in [4.78, 5) is 24.8. The lowest BCUT2D eigenvalue weighted by Gasteiger charge is -2.40. The van der Waals surface area contributed by atoms with Crippen molar-refractivity contribution in [1.29, 1.82) is 0 Å². The van der Waals surface area contributed by atoms with E-state index < -0.39 is 17.8 Å². The fourth-order valence-corrected chi connectivity index (χ4v) is 2.17. The van der Waals surface area contributed by atoms with Crippen LogP contribution in [0.4, 0.5) is 4.79 Å². The molecule has 5 heteroatoms. The van der Waals surface area contributed by atoms with Crippen LogP contribution in [0.15, 0.2) is 0 Å². The number of ketones is 1. The zero-order valence-electron chi connectivity index (χ0n) is 11.8. The van der Waals surface area contributed by atoms with Gasteiger partial charge in [0.2, 0.25) is 0 Å². The minimum absolute atomic E-state index is 0.0295. The van der Waals surface area contributed by atoms with Crippen LogP contribution in [0.1, 0.15) is 41.0 Å². The molecule has 0 spiro atoms. The van der Waals surface area contributed by atoms with Gasteiger partial charge in [-0.15, -0.1) is 0 Å². The molecule has 1 N–H and O–H groups in total. The van der Waals surface area contributed by atoms with Gasteiger partial charge in [-0.1, -0.05) is 0 Å². The topological polar surface area (TPSA) is 66.8 Å². The van der Waals surface area contributed by atoms with E-state index in [-0.39, 0.29) is 24.3 Å². The van der Waals surface area contributed by atoms with Crippen molar-refractivity contribution >= 4 is 11.9 Å². The second kappa shape index (κ2) is 5.26. The van der Waals surface area contributed by atoms with Crippen molar-refractivity contribution in [1.82, 2.24) is 4.90 Å². The van der Waals surface area contributed by atoms with Crippen molar-refractivity contribution in [2.45, 2.75) is 58.8 Å². The first-order valence-corrected chi connectivity index (χ1v) is 6.30. The molecule has 18 heavy (non-hydrogen) atoms. The van der Waals surface area contributed by atoms with Crippen LogP contribution in [0.5, 0.6) is 0 Å². The van der Waals surface area contributed by atoms with Gasteiger partial charge in [-0.25, -0.2) is 4.79 Å². The average Bonchev–Trinajstić information content (AvgIpc) is 2.17. The highest BCUT2D eigenvalue weighted by Crippen LogP contribution is 2.25. The number of rotatable bonds is 1. The van der Waals surface area contributed by atoms with E-state index >= 15 is 0 Å². The van der Waals surface area contributed by atoms with Gasteiger partial charge < -0.3 is 14.7 Å². The van der Waals surface area contributed by atoms with Crippen LogP contribution in [0.2, 0.25) is 0 Å². The van der Waals surface area contributed by atoms with Crippen molar-refractivity contribution in [3.8, 4) is 0 Å². The number of aliphatic hydroxyl groups excluding tert-OH is 1. The highest BCUT2D eigenvalue weighted by Gasteiger charge is 2.38. The summed E-state index contributed by atoms with van der Waals surface area (Å²) >= 11 is 0. The molecule has 0 aromatic rings. The Kier molecular flexibility index (Phi) is 4.37. The van der Waals surface area contributed by atoms with Crippen LogP contribution in [0, 0.1) is 5.92 Å². The Bertz CT molecular complexity index is 334.